The number of imidazole rings is 1. The third-order valence-electron chi connectivity index (χ3n) is 6.42. The zero-order valence-electron chi connectivity index (χ0n) is 22.8. The van der Waals surface area contributed by atoms with E-state index in [0.717, 1.165) is 16.5 Å². The predicted molar refractivity (Wildman–Crippen MR) is 149 cm³/mol. The number of carboxylic acids is 1. The van der Waals surface area contributed by atoms with Gasteiger partial charge in [-0.1, -0.05) is 32.0 Å². The van der Waals surface area contributed by atoms with Gasteiger partial charge in [-0.05, 0) is 24.0 Å². The summed E-state index contributed by atoms with van der Waals surface area (Å²) >= 11 is 0. The smallest absolute Gasteiger partial charge is 0.326 e. The van der Waals surface area contributed by atoms with Crippen LogP contribution < -0.4 is 27.4 Å². The van der Waals surface area contributed by atoms with Crippen molar-refractivity contribution in [3.63, 3.8) is 0 Å². The van der Waals surface area contributed by atoms with Gasteiger partial charge in [0.15, 0.2) is 0 Å². The highest BCUT2D eigenvalue weighted by atomic mass is 16.4. The van der Waals surface area contributed by atoms with Crippen molar-refractivity contribution in [1.29, 1.82) is 0 Å². The first-order chi connectivity index (χ1) is 19.4. The summed E-state index contributed by atoms with van der Waals surface area (Å²) < 4.78 is 0. The number of nitrogens with zero attached hydrogens (tertiary/aromatic N) is 1. The molecule has 2 aromatic heterocycles. The Bertz CT molecular complexity index is 1370. The van der Waals surface area contributed by atoms with Gasteiger partial charge in [0.1, 0.15) is 18.1 Å². The number of H-pyrrole nitrogens is 2. The Morgan fingerprint density at radius 2 is 1.59 bits per heavy atom. The van der Waals surface area contributed by atoms with E-state index in [1.807, 2.05) is 38.1 Å². The van der Waals surface area contributed by atoms with Gasteiger partial charge in [0.05, 0.1) is 18.8 Å². The summed E-state index contributed by atoms with van der Waals surface area (Å²) in [5.41, 5.74) is 13.5. The summed E-state index contributed by atoms with van der Waals surface area (Å²) in [6, 6.07) is 2.63. The maximum atomic E-state index is 13.6. The van der Waals surface area contributed by atoms with Crippen LogP contribution in [-0.2, 0) is 36.8 Å². The van der Waals surface area contributed by atoms with E-state index >= 15 is 0 Å². The normalized spacial score (nSPS) is 14.1. The van der Waals surface area contributed by atoms with E-state index in [-0.39, 0.29) is 25.2 Å². The molecule has 0 aliphatic heterocycles. The van der Waals surface area contributed by atoms with Crippen molar-refractivity contribution in [2.24, 2.45) is 17.4 Å². The number of aliphatic carboxylic acids is 1. The highest BCUT2D eigenvalue weighted by Gasteiger charge is 2.32. The molecule has 10 N–H and O–H groups in total. The van der Waals surface area contributed by atoms with Crippen LogP contribution in [0, 0.1) is 5.92 Å². The minimum absolute atomic E-state index is 0.0741. The van der Waals surface area contributed by atoms with Crippen molar-refractivity contribution in [1.82, 2.24) is 30.9 Å². The predicted octanol–water partition coefficient (Wildman–Crippen LogP) is -0.536. The standard InChI is InChI=1S/C27H36N8O6/c1-14(2)7-20(25(38)35-22(27(40)41)10-23(29)36)34-26(39)21(8-15-11-31-19-6-4-3-5-17(15)19)33-24(37)18(28)9-16-12-30-13-32-16/h3-6,11-14,18,20-22,31H,7-10,28H2,1-2H3,(H2,29,36)(H,30,32)(H,33,37)(H,34,39)(H,35,38)(H,40,41). The minimum Gasteiger partial charge on any atom is -0.480 e. The van der Waals surface area contributed by atoms with E-state index in [0.29, 0.717) is 5.69 Å². The molecule has 4 unspecified atom stereocenters. The molecule has 0 radical (unpaired) electrons. The Kier molecular flexibility index (Phi) is 10.6. The van der Waals surface area contributed by atoms with Crippen molar-refractivity contribution in [2.45, 2.75) is 63.7 Å². The van der Waals surface area contributed by atoms with Gasteiger partial charge in [0.25, 0.3) is 0 Å². The van der Waals surface area contributed by atoms with Gasteiger partial charge >= 0.3 is 5.97 Å². The third-order valence-corrected chi connectivity index (χ3v) is 6.42. The van der Waals surface area contributed by atoms with Crippen LogP contribution in [0.15, 0.2) is 43.0 Å². The number of fused-ring (bicyclic) bond motifs is 1. The average Bonchev–Trinajstić information content (AvgIpc) is 3.56. The maximum absolute atomic E-state index is 13.6. The highest BCUT2D eigenvalue weighted by molar-refractivity contribution is 5.95. The fraction of sp³-hybridized carbons (Fsp3) is 0.407. The lowest BCUT2D eigenvalue weighted by molar-refractivity contribution is -0.143. The van der Waals surface area contributed by atoms with Crippen molar-refractivity contribution in [2.75, 3.05) is 0 Å². The van der Waals surface area contributed by atoms with Gasteiger partial charge in [-0.25, -0.2) is 9.78 Å². The van der Waals surface area contributed by atoms with Crippen molar-refractivity contribution in [3.05, 3.63) is 54.2 Å². The van der Waals surface area contributed by atoms with E-state index in [2.05, 4.69) is 30.9 Å². The Morgan fingerprint density at radius 3 is 2.22 bits per heavy atom. The van der Waals surface area contributed by atoms with Crippen LogP contribution in [0.25, 0.3) is 10.9 Å². The molecule has 0 saturated carbocycles. The number of nitrogens with two attached hydrogens (primary N) is 2. The molecule has 14 nitrogen and oxygen atoms in total. The van der Waals surface area contributed by atoms with Gasteiger partial charge in [-0.2, -0.15) is 0 Å². The molecule has 14 heteroatoms. The number of rotatable bonds is 15. The molecule has 0 bridgehead atoms. The van der Waals surface area contributed by atoms with Crippen LogP contribution in [0.4, 0.5) is 0 Å². The van der Waals surface area contributed by atoms with E-state index in [1.54, 1.807) is 12.4 Å². The Morgan fingerprint density at radius 1 is 0.927 bits per heavy atom. The number of nitrogens with one attached hydrogen (secondary N) is 5. The molecular formula is C27H36N8O6. The molecule has 0 spiro atoms. The van der Waals surface area contributed by atoms with Crippen molar-refractivity contribution in [3.8, 4) is 0 Å². The summed E-state index contributed by atoms with van der Waals surface area (Å²) in [4.78, 5) is 72.5. The SMILES string of the molecule is CC(C)CC(NC(=O)C(Cc1c[nH]c2ccccc12)NC(=O)C(N)Cc1cnc[nH]1)C(=O)NC(CC(N)=O)C(=O)O. The van der Waals surface area contributed by atoms with Crippen molar-refractivity contribution >= 4 is 40.5 Å². The van der Waals surface area contributed by atoms with Crippen LogP contribution in [0.2, 0.25) is 0 Å². The lowest BCUT2D eigenvalue weighted by atomic mass is 10.00. The molecule has 0 fully saturated rings. The molecule has 3 rings (SSSR count). The second kappa shape index (κ2) is 14.1. The summed E-state index contributed by atoms with van der Waals surface area (Å²) in [5.74, 6) is -4.47. The molecule has 0 saturated heterocycles. The van der Waals surface area contributed by atoms with Gasteiger partial charge < -0.3 is 42.5 Å². The quantitative estimate of drug-likeness (QED) is 0.118. The third kappa shape index (κ3) is 8.89. The molecule has 4 atom stereocenters. The number of aromatic nitrogens is 3. The monoisotopic (exact) mass is 568 g/mol. The Labute approximate surface area is 236 Å². The Balaban J connectivity index is 1.83. The van der Waals surface area contributed by atoms with Gasteiger partial charge in [-0.3, -0.25) is 19.2 Å². The summed E-state index contributed by atoms with van der Waals surface area (Å²) in [6.45, 7) is 3.65. The molecule has 4 amide bonds. The average molecular weight is 569 g/mol. The fourth-order valence-electron chi connectivity index (χ4n) is 4.38. The number of carbonyl (C=O) groups is 5. The van der Waals surface area contributed by atoms with Crippen LogP contribution in [0.3, 0.4) is 0 Å². The van der Waals surface area contributed by atoms with Gasteiger partial charge in [0.2, 0.25) is 23.6 Å². The number of hydrogen-bond donors (Lipinski definition) is 8. The second-order valence-electron chi connectivity index (χ2n) is 10.3. The van der Waals surface area contributed by atoms with E-state index in [9.17, 15) is 29.1 Å². The number of para-hydroxylation sites is 1. The lowest BCUT2D eigenvalue weighted by Crippen LogP contribution is -2.58. The van der Waals surface area contributed by atoms with Crippen LogP contribution in [-0.4, -0.2) is 73.8 Å². The molecular weight excluding hydrogens is 532 g/mol. The largest absolute Gasteiger partial charge is 0.480 e. The number of primary amides is 1. The molecule has 1 aromatic carbocycles. The van der Waals surface area contributed by atoms with Crippen LogP contribution in [0.5, 0.6) is 0 Å². The lowest BCUT2D eigenvalue weighted by Gasteiger charge is -2.26. The first kappa shape index (κ1) is 30.8. The van der Waals surface area contributed by atoms with Crippen LogP contribution >= 0.6 is 0 Å². The zero-order chi connectivity index (χ0) is 30.1. The highest BCUT2D eigenvalue weighted by Crippen LogP contribution is 2.19. The second-order valence-corrected chi connectivity index (χ2v) is 10.3. The van der Waals surface area contributed by atoms with Crippen LogP contribution in [0.1, 0.15) is 37.9 Å². The maximum Gasteiger partial charge on any atom is 0.326 e. The Hall–Kier alpha value is -4.72. The summed E-state index contributed by atoms with van der Waals surface area (Å²) in [5, 5.41) is 17.9. The van der Waals surface area contributed by atoms with E-state index < -0.39 is 60.2 Å². The summed E-state index contributed by atoms with van der Waals surface area (Å²) in [7, 11) is 0. The zero-order valence-corrected chi connectivity index (χ0v) is 22.8. The number of aromatic amines is 2. The topological polar surface area (TPSA) is 238 Å². The van der Waals surface area contributed by atoms with Gasteiger partial charge in [-0.15, -0.1) is 0 Å². The molecule has 220 valence electrons. The molecule has 3 aromatic rings. The molecule has 0 aliphatic rings. The molecule has 41 heavy (non-hydrogen) atoms. The first-order valence-corrected chi connectivity index (χ1v) is 13.1. The number of carboxylic acid groups (broad SMARTS) is 1. The van der Waals surface area contributed by atoms with E-state index in [4.69, 9.17) is 11.5 Å². The number of benzene rings is 1. The minimum atomic E-state index is -1.56. The molecule has 0 aliphatic carbocycles. The van der Waals surface area contributed by atoms with E-state index in [1.165, 1.54) is 6.33 Å². The number of carbonyl (C=O) groups excluding carboxylic acids is 4. The number of amides is 4. The fourth-order valence-corrected chi connectivity index (χ4v) is 4.38. The van der Waals surface area contributed by atoms with Crippen molar-refractivity contribution < 1.29 is 29.1 Å². The summed E-state index contributed by atoms with van der Waals surface area (Å²) in [6.07, 6.45) is 4.52. The molecule has 2 heterocycles. The van der Waals surface area contributed by atoms with Gasteiger partial charge in [0, 0.05) is 41.8 Å². The number of hydrogen-bond acceptors (Lipinski definition) is 7. The first-order valence-electron chi connectivity index (χ1n) is 13.1.